The summed E-state index contributed by atoms with van der Waals surface area (Å²) >= 11 is 0. The van der Waals surface area contributed by atoms with Crippen LogP contribution in [0.1, 0.15) is 52.1 Å². The molecular weight excluding hydrogens is 256 g/mol. The van der Waals surface area contributed by atoms with Gasteiger partial charge in [-0.3, -0.25) is 4.90 Å². The van der Waals surface area contributed by atoms with Crippen molar-refractivity contribution >= 4 is 0 Å². The highest BCUT2D eigenvalue weighted by atomic mass is 15.3. The van der Waals surface area contributed by atoms with E-state index in [4.69, 9.17) is 0 Å². The molecule has 0 spiro atoms. The fourth-order valence-electron chi connectivity index (χ4n) is 3.52. The highest BCUT2D eigenvalue weighted by Gasteiger charge is 2.41. The van der Waals surface area contributed by atoms with Crippen LogP contribution >= 0.6 is 0 Å². The Morgan fingerprint density at radius 3 is 2.38 bits per heavy atom. The standard InChI is InChI=1S/C19H30N2/c1-14(19(2,3)4)21-13-17(15-10-11-15)20-12-18(21)16-8-6-5-7-9-16/h5-9,14-15,17-18,20H,10-13H2,1-4H3. The number of piperazine rings is 1. The van der Waals surface area contributed by atoms with Crippen LogP contribution in [0.15, 0.2) is 30.3 Å². The summed E-state index contributed by atoms with van der Waals surface area (Å²) in [4.78, 5) is 2.76. The van der Waals surface area contributed by atoms with Gasteiger partial charge in [0.15, 0.2) is 0 Å². The molecule has 116 valence electrons. The quantitative estimate of drug-likeness (QED) is 0.908. The van der Waals surface area contributed by atoms with E-state index in [1.54, 1.807) is 0 Å². The molecule has 2 aliphatic rings. The fraction of sp³-hybridized carbons (Fsp3) is 0.684. The highest BCUT2D eigenvalue weighted by molar-refractivity contribution is 5.21. The number of hydrogen-bond donors (Lipinski definition) is 1. The summed E-state index contributed by atoms with van der Waals surface area (Å²) in [5.41, 5.74) is 1.77. The molecule has 1 saturated heterocycles. The SMILES string of the molecule is CC(N1CC(C2CC2)NCC1c1ccccc1)C(C)(C)C. The van der Waals surface area contributed by atoms with Crippen molar-refractivity contribution in [2.45, 2.75) is 58.7 Å². The van der Waals surface area contributed by atoms with E-state index in [9.17, 15) is 0 Å². The van der Waals surface area contributed by atoms with Crippen LogP contribution in [0, 0.1) is 11.3 Å². The summed E-state index contributed by atoms with van der Waals surface area (Å²) < 4.78 is 0. The first kappa shape index (κ1) is 15.1. The zero-order valence-electron chi connectivity index (χ0n) is 14.0. The predicted molar refractivity (Wildman–Crippen MR) is 89.3 cm³/mol. The van der Waals surface area contributed by atoms with Crippen LogP contribution in [-0.2, 0) is 0 Å². The van der Waals surface area contributed by atoms with Gasteiger partial charge in [-0.15, -0.1) is 0 Å². The van der Waals surface area contributed by atoms with Crippen molar-refractivity contribution in [3.05, 3.63) is 35.9 Å². The maximum Gasteiger partial charge on any atom is 0.0476 e. The van der Waals surface area contributed by atoms with Crippen LogP contribution in [0.5, 0.6) is 0 Å². The van der Waals surface area contributed by atoms with Crippen LogP contribution in [0.25, 0.3) is 0 Å². The van der Waals surface area contributed by atoms with Crippen molar-refractivity contribution in [3.63, 3.8) is 0 Å². The fourth-order valence-corrected chi connectivity index (χ4v) is 3.52. The first-order valence-corrected chi connectivity index (χ1v) is 8.51. The summed E-state index contributed by atoms with van der Waals surface area (Å²) in [6.07, 6.45) is 2.84. The number of nitrogens with zero attached hydrogens (tertiary/aromatic N) is 1. The average Bonchev–Trinajstić information content (AvgIpc) is 3.30. The zero-order chi connectivity index (χ0) is 15.0. The van der Waals surface area contributed by atoms with E-state index >= 15 is 0 Å². The lowest BCUT2D eigenvalue weighted by Gasteiger charge is -2.48. The molecule has 2 fully saturated rings. The van der Waals surface area contributed by atoms with Crippen LogP contribution in [-0.4, -0.2) is 30.1 Å². The van der Waals surface area contributed by atoms with Gasteiger partial charge in [-0.2, -0.15) is 0 Å². The van der Waals surface area contributed by atoms with E-state index < -0.39 is 0 Å². The molecule has 1 aromatic rings. The monoisotopic (exact) mass is 286 g/mol. The van der Waals surface area contributed by atoms with E-state index in [-0.39, 0.29) is 0 Å². The number of benzene rings is 1. The molecule has 0 radical (unpaired) electrons. The summed E-state index contributed by atoms with van der Waals surface area (Å²) in [6, 6.07) is 12.8. The summed E-state index contributed by atoms with van der Waals surface area (Å²) in [6.45, 7) is 11.8. The molecule has 0 bridgehead atoms. The van der Waals surface area contributed by atoms with E-state index in [0.717, 1.165) is 12.5 Å². The third-order valence-electron chi connectivity index (χ3n) is 5.51. The summed E-state index contributed by atoms with van der Waals surface area (Å²) in [7, 11) is 0. The Bertz CT molecular complexity index is 458. The van der Waals surface area contributed by atoms with Gasteiger partial charge in [-0.05, 0) is 36.7 Å². The van der Waals surface area contributed by atoms with Gasteiger partial charge in [0.25, 0.3) is 0 Å². The topological polar surface area (TPSA) is 15.3 Å². The normalized spacial score (nSPS) is 29.3. The molecule has 1 aliphatic heterocycles. The van der Waals surface area contributed by atoms with E-state index in [1.165, 1.54) is 24.9 Å². The lowest BCUT2D eigenvalue weighted by Crippen LogP contribution is -2.58. The van der Waals surface area contributed by atoms with E-state index in [1.807, 2.05) is 0 Å². The van der Waals surface area contributed by atoms with Crippen molar-refractivity contribution in [1.29, 1.82) is 0 Å². The Balaban J connectivity index is 1.83. The van der Waals surface area contributed by atoms with Gasteiger partial charge in [-0.25, -0.2) is 0 Å². The second-order valence-electron chi connectivity index (χ2n) is 8.02. The zero-order valence-corrected chi connectivity index (χ0v) is 14.0. The molecule has 3 atom stereocenters. The number of rotatable bonds is 3. The van der Waals surface area contributed by atoms with Gasteiger partial charge in [0.2, 0.25) is 0 Å². The van der Waals surface area contributed by atoms with Crippen molar-refractivity contribution in [1.82, 2.24) is 10.2 Å². The molecule has 1 saturated carbocycles. The van der Waals surface area contributed by atoms with Gasteiger partial charge < -0.3 is 5.32 Å². The minimum atomic E-state index is 0.318. The number of nitrogens with one attached hydrogen (secondary N) is 1. The van der Waals surface area contributed by atoms with Crippen LogP contribution in [0.3, 0.4) is 0 Å². The number of hydrogen-bond acceptors (Lipinski definition) is 2. The Kier molecular flexibility index (Phi) is 4.11. The van der Waals surface area contributed by atoms with Gasteiger partial charge in [0, 0.05) is 31.2 Å². The molecule has 2 nitrogen and oxygen atoms in total. The lowest BCUT2D eigenvalue weighted by atomic mass is 9.84. The largest absolute Gasteiger partial charge is 0.311 e. The van der Waals surface area contributed by atoms with Crippen molar-refractivity contribution < 1.29 is 0 Å². The average molecular weight is 286 g/mol. The van der Waals surface area contributed by atoms with Crippen LogP contribution in [0.4, 0.5) is 0 Å². The van der Waals surface area contributed by atoms with Gasteiger partial charge in [0.05, 0.1) is 0 Å². The minimum absolute atomic E-state index is 0.318. The van der Waals surface area contributed by atoms with Crippen LogP contribution < -0.4 is 5.32 Å². The summed E-state index contributed by atoms with van der Waals surface area (Å²) in [5.74, 6) is 0.927. The minimum Gasteiger partial charge on any atom is -0.311 e. The van der Waals surface area contributed by atoms with E-state index in [0.29, 0.717) is 23.5 Å². The molecule has 0 aromatic heterocycles. The van der Waals surface area contributed by atoms with Crippen molar-refractivity contribution in [2.75, 3.05) is 13.1 Å². The van der Waals surface area contributed by atoms with Crippen molar-refractivity contribution in [3.8, 4) is 0 Å². The van der Waals surface area contributed by atoms with Gasteiger partial charge in [-0.1, -0.05) is 51.1 Å². The molecule has 3 rings (SSSR count). The molecule has 21 heavy (non-hydrogen) atoms. The molecule has 1 aromatic carbocycles. The Morgan fingerprint density at radius 2 is 1.81 bits per heavy atom. The molecule has 1 heterocycles. The first-order valence-electron chi connectivity index (χ1n) is 8.51. The molecular formula is C19H30N2. The second-order valence-corrected chi connectivity index (χ2v) is 8.02. The lowest BCUT2D eigenvalue weighted by molar-refractivity contribution is 0.0309. The smallest absolute Gasteiger partial charge is 0.0476 e. The Hall–Kier alpha value is -0.860. The molecule has 2 heteroatoms. The molecule has 0 amide bonds. The van der Waals surface area contributed by atoms with Crippen LogP contribution in [0.2, 0.25) is 0 Å². The Labute approximate surface area is 129 Å². The summed E-state index contributed by atoms with van der Waals surface area (Å²) in [5, 5.41) is 3.82. The van der Waals surface area contributed by atoms with Crippen molar-refractivity contribution in [2.24, 2.45) is 11.3 Å². The molecule has 1 aliphatic carbocycles. The predicted octanol–water partition coefficient (Wildman–Crippen LogP) is 3.85. The highest BCUT2D eigenvalue weighted by Crippen LogP contribution is 2.39. The maximum atomic E-state index is 3.82. The molecule has 3 unspecified atom stereocenters. The maximum absolute atomic E-state index is 3.82. The van der Waals surface area contributed by atoms with Gasteiger partial charge in [0.1, 0.15) is 0 Å². The third-order valence-corrected chi connectivity index (χ3v) is 5.51. The van der Waals surface area contributed by atoms with E-state index in [2.05, 4.69) is 68.2 Å². The van der Waals surface area contributed by atoms with Gasteiger partial charge >= 0.3 is 0 Å². The Morgan fingerprint density at radius 1 is 1.14 bits per heavy atom. The third kappa shape index (κ3) is 3.32. The first-order chi connectivity index (χ1) is 9.97. The molecule has 1 N–H and O–H groups in total. The second kappa shape index (κ2) is 5.73.